The van der Waals surface area contributed by atoms with Gasteiger partial charge in [-0.2, -0.15) is 13.2 Å². The van der Waals surface area contributed by atoms with Crippen molar-refractivity contribution in [3.63, 3.8) is 0 Å². The van der Waals surface area contributed by atoms with Crippen molar-refractivity contribution in [2.75, 3.05) is 6.61 Å². The number of halogens is 5. The molecule has 2 unspecified atom stereocenters. The second-order valence-electron chi connectivity index (χ2n) is 6.88. The number of cyclic esters (lactones) is 1. The van der Waals surface area contributed by atoms with E-state index < -0.39 is 53.4 Å². The molecule has 2 N–H and O–H groups in total. The smallest absolute Gasteiger partial charge is 0.417 e. The van der Waals surface area contributed by atoms with Gasteiger partial charge in [-0.1, -0.05) is 30.3 Å². The molecular weight excluding hydrogens is 411 g/mol. The molecule has 1 aliphatic heterocycles. The molecule has 0 bridgehead atoms. The monoisotopic (exact) mass is 428 g/mol. The van der Waals surface area contributed by atoms with E-state index in [1.165, 1.54) is 0 Å². The number of carbonyl (C=O) groups excluding carboxylic acids is 2. The van der Waals surface area contributed by atoms with Crippen LogP contribution < -0.4 is 5.73 Å². The number of nitrogens with zero attached hydrogens (tertiary/aromatic N) is 1. The third kappa shape index (κ3) is 4.59. The van der Waals surface area contributed by atoms with Crippen molar-refractivity contribution in [3.8, 4) is 0 Å². The Labute approximate surface area is 168 Å². The van der Waals surface area contributed by atoms with Gasteiger partial charge in [-0.3, -0.25) is 4.79 Å². The standard InChI is InChI=1S/C20H17F5N2O3/c21-13-7-12(8-14(22)9-13)16(20(23,24)25)17(26)18(28)27-15(10-30-19(27)29)6-11-4-2-1-3-5-11/h1-5,7-9,15-17H,6,10,26H2/t15-,16?,17?/m0/s1. The van der Waals surface area contributed by atoms with Gasteiger partial charge in [0.25, 0.3) is 0 Å². The van der Waals surface area contributed by atoms with E-state index in [4.69, 9.17) is 10.5 Å². The first-order valence-corrected chi connectivity index (χ1v) is 8.90. The van der Waals surface area contributed by atoms with Gasteiger partial charge in [-0.15, -0.1) is 0 Å². The second kappa shape index (κ2) is 8.39. The van der Waals surface area contributed by atoms with Crippen LogP contribution in [-0.4, -0.2) is 41.8 Å². The zero-order chi connectivity index (χ0) is 22.1. The molecule has 160 valence electrons. The summed E-state index contributed by atoms with van der Waals surface area (Å²) in [6, 6.07) is 6.79. The molecule has 0 radical (unpaired) electrons. The second-order valence-corrected chi connectivity index (χ2v) is 6.88. The van der Waals surface area contributed by atoms with E-state index in [0.29, 0.717) is 23.1 Å². The van der Waals surface area contributed by atoms with Crippen molar-refractivity contribution < 1.29 is 36.3 Å². The highest BCUT2D eigenvalue weighted by Crippen LogP contribution is 2.38. The first-order valence-electron chi connectivity index (χ1n) is 8.90. The Morgan fingerprint density at radius 3 is 2.30 bits per heavy atom. The molecule has 2 aromatic carbocycles. The molecule has 1 saturated heterocycles. The summed E-state index contributed by atoms with van der Waals surface area (Å²) in [6.45, 7) is -0.211. The molecule has 1 heterocycles. The van der Waals surface area contributed by atoms with Crippen LogP contribution in [0.3, 0.4) is 0 Å². The van der Waals surface area contributed by atoms with Gasteiger partial charge in [0.2, 0.25) is 5.91 Å². The first-order chi connectivity index (χ1) is 14.1. The van der Waals surface area contributed by atoms with Crippen LogP contribution in [0.4, 0.5) is 26.7 Å². The molecule has 0 aromatic heterocycles. The SMILES string of the molecule is NC(C(=O)N1C(=O)OC[C@@H]1Cc1ccccc1)C(c1cc(F)cc(F)c1)C(F)(F)F. The fourth-order valence-corrected chi connectivity index (χ4v) is 3.42. The van der Waals surface area contributed by atoms with Crippen LogP contribution >= 0.6 is 0 Å². The van der Waals surface area contributed by atoms with Crippen LogP contribution in [0.2, 0.25) is 0 Å². The molecule has 5 nitrogen and oxygen atoms in total. The largest absolute Gasteiger partial charge is 0.447 e. The molecule has 3 atom stereocenters. The number of carbonyl (C=O) groups is 2. The van der Waals surface area contributed by atoms with E-state index in [0.717, 1.165) is 5.56 Å². The van der Waals surface area contributed by atoms with Crippen LogP contribution in [0.5, 0.6) is 0 Å². The van der Waals surface area contributed by atoms with E-state index in [2.05, 4.69) is 0 Å². The van der Waals surface area contributed by atoms with Crippen molar-refractivity contribution in [2.45, 2.75) is 30.6 Å². The number of hydrogen-bond acceptors (Lipinski definition) is 4. The predicted octanol–water partition coefficient (Wildman–Crippen LogP) is 3.53. The molecule has 0 spiro atoms. The number of nitrogens with two attached hydrogens (primary N) is 1. The Morgan fingerprint density at radius 1 is 1.13 bits per heavy atom. The van der Waals surface area contributed by atoms with Crippen molar-refractivity contribution in [2.24, 2.45) is 5.73 Å². The minimum Gasteiger partial charge on any atom is -0.447 e. The number of rotatable bonds is 5. The van der Waals surface area contributed by atoms with Crippen LogP contribution in [0.15, 0.2) is 48.5 Å². The minimum atomic E-state index is -5.10. The Hall–Kier alpha value is -3.01. The lowest BCUT2D eigenvalue weighted by Crippen LogP contribution is -2.53. The lowest BCUT2D eigenvalue weighted by molar-refractivity contribution is -0.163. The van der Waals surface area contributed by atoms with Gasteiger partial charge in [-0.25, -0.2) is 18.5 Å². The van der Waals surface area contributed by atoms with Crippen LogP contribution in [-0.2, 0) is 16.0 Å². The maximum atomic E-state index is 13.7. The lowest BCUT2D eigenvalue weighted by Gasteiger charge is -2.29. The zero-order valence-electron chi connectivity index (χ0n) is 15.4. The summed E-state index contributed by atoms with van der Waals surface area (Å²) in [7, 11) is 0. The quantitative estimate of drug-likeness (QED) is 0.740. The van der Waals surface area contributed by atoms with E-state index >= 15 is 0 Å². The molecule has 2 aromatic rings. The molecule has 2 amide bonds. The van der Waals surface area contributed by atoms with Crippen molar-refractivity contribution in [3.05, 3.63) is 71.3 Å². The molecule has 1 fully saturated rings. The fourth-order valence-electron chi connectivity index (χ4n) is 3.42. The maximum Gasteiger partial charge on any atom is 0.417 e. The van der Waals surface area contributed by atoms with E-state index in [9.17, 15) is 31.5 Å². The summed E-state index contributed by atoms with van der Waals surface area (Å²) in [4.78, 5) is 25.4. The molecule has 0 saturated carbocycles. The van der Waals surface area contributed by atoms with Crippen molar-refractivity contribution in [1.82, 2.24) is 4.90 Å². The summed E-state index contributed by atoms with van der Waals surface area (Å²) < 4.78 is 72.9. The zero-order valence-corrected chi connectivity index (χ0v) is 15.4. The fraction of sp³-hybridized carbons (Fsp3) is 0.300. The molecule has 10 heteroatoms. The maximum absolute atomic E-state index is 13.7. The number of ether oxygens (including phenoxy) is 1. The Bertz CT molecular complexity index is 916. The average molecular weight is 428 g/mol. The van der Waals surface area contributed by atoms with Crippen LogP contribution in [0.25, 0.3) is 0 Å². The topological polar surface area (TPSA) is 72.6 Å². The highest BCUT2D eigenvalue weighted by molar-refractivity contribution is 5.97. The first kappa shape index (κ1) is 21.7. The number of amides is 2. The van der Waals surface area contributed by atoms with Gasteiger partial charge in [0.05, 0.1) is 6.04 Å². The summed E-state index contributed by atoms with van der Waals surface area (Å²) in [5.74, 6) is -6.56. The number of hydrogen-bond donors (Lipinski definition) is 1. The lowest BCUT2D eigenvalue weighted by atomic mass is 9.89. The van der Waals surface area contributed by atoms with Gasteiger partial charge in [-0.05, 0) is 29.7 Å². The molecule has 3 rings (SSSR count). The Morgan fingerprint density at radius 2 is 1.73 bits per heavy atom. The summed E-state index contributed by atoms with van der Waals surface area (Å²) in [5, 5.41) is 0. The van der Waals surface area contributed by atoms with Gasteiger partial charge in [0.15, 0.2) is 0 Å². The third-order valence-electron chi connectivity index (χ3n) is 4.75. The summed E-state index contributed by atoms with van der Waals surface area (Å²) in [6.07, 6.45) is -6.08. The van der Waals surface area contributed by atoms with E-state index in [-0.39, 0.29) is 13.0 Å². The van der Waals surface area contributed by atoms with Gasteiger partial charge < -0.3 is 10.5 Å². The van der Waals surface area contributed by atoms with Gasteiger partial charge >= 0.3 is 12.3 Å². The molecule has 0 aliphatic carbocycles. The molecule has 1 aliphatic rings. The third-order valence-corrected chi connectivity index (χ3v) is 4.75. The summed E-state index contributed by atoms with van der Waals surface area (Å²) >= 11 is 0. The van der Waals surface area contributed by atoms with Crippen molar-refractivity contribution >= 4 is 12.0 Å². The number of benzene rings is 2. The predicted molar refractivity (Wildman–Crippen MR) is 95.3 cm³/mol. The van der Waals surface area contributed by atoms with E-state index in [1.54, 1.807) is 30.3 Å². The Balaban J connectivity index is 1.90. The number of imide groups is 1. The van der Waals surface area contributed by atoms with Gasteiger partial charge in [0, 0.05) is 6.07 Å². The van der Waals surface area contributed by atoms with E-state index in [1.807, 2.05) is 0 Å². The summed E-state index contributed by atoms with van der Waals surface area (Å²) in [5.41, 5.74) is 5.49. The number of alkyl halides is 3. The normalized spacial score (nSPS) is 18.8. The highest BCUT2D eigenvalue weighted by atomic mass is 19.4. The average Bonchev–Trinajstić information content (AvgIpc) is 3.00. The minimum absolute atomic E-state index is 0.149. The van der Waals surface area contributed by atoms with Crippen LogP contribution in [0.1, 0.15) is 17.0 Å². The molecular formula is C20H17F5N2O3. The van der Waals surface area contributed by atoms with Crippen molar-refractivity contribution in [1.29, 1.82) is 0 Å². The Kier molecular flexibility index (Phi) is 6.06. The van der Waals surface area contributed by atoms with Gasteiger partial charge in [0.1, 0.15) is 30.2 Å². The molecule has 30 heavy (non-hydrogen) atoms. The highest BCUT2D eigenvalue weighted by Gasteiger charge is 2.51. The van der Waals surface area contributed by atoms with Crippen LogP contribution in [0, 0.1) is 11.6 Å².